The third-order valence-electron chi connectivity index (χ3n) is 4.41. The van der Waals surface area contributed by atoms with E-state index >= 15 is 0 Å². The molecule has 2 atom stereocenters. The van der Waals surface area contributed by atoms with Gasteiger partial charge in [0.2, 0.25) is 0 Å². The lowest BCUT2D eigenvalue weighted by Gasteiger charge is -2.27. The number of ether oxygens (including phenoxy) is 1. The van der Waals surface area contributed by atoms with E-state index in [0.29, 0.717) is 12.6 Å². The Morgan fingerprint density at radius 2 is 2.12 bits per heavy atom. The minimum Gasteiger partial charge on any atom is -0.468 e. The predicted molar refractivity (Wildman–Crippen MR) is 113 cm³/mol. The minimum atomic E-state index is 0. The van der Waals surface area contributed by atoms with Gasteiger partial charge in [0, 0.05) is 19.7 Å². The average molecular weight is 464 g/mol. The molecule has 1 saturated heterocycles. The van der Waals surface area contributed by atoms with E-state index in [1.807, 2.05) is 12.1 Å². The van der Waals surface area contributed by atoms with Crippen molar-refractivity contribution in [2.75, 3.05) is 39.3 Å². The molecule has 2 N–H and O–H groups in total. The first-order chi connectivity index (χ1) is 11.8. The van der Waals surface area contributed by atoms with Crippen molar-refractivity contribution in [3.05, 3.63) is 24.2 Å². The molecule has 2 unspecified atom stereocenters. The van der Waals surface area contributed by atoms with E-state index in [9.17, 15) is 0 Å². The molecule has 0 bridgehead atoms. The second-order valence-electron chi connectivity index (χ2n) is 5.99. The number of furan rings is 1. The Morgan fingerprint density at radius 1 is 1.32 bits per heavy atom. The molecular weight excluding hydrogens is 431 g/mol. The maximum absolute atomic E-state index is 5.67. The molecule has 2 heterocycles. The maximum atomic E-state index is 5.67. The molecule has 0 aromatic carbocycles. The summed E-state index contributed by atoms with van der Waals surface area (Å²) >= 11 is 0. The van der Waals surface area contributed by atoms with Crippen LogP contribution >= 0.6 is 24.0 Å². The molecule has 7 heteroatoms. The van der Waals surface area contributed by atoms with Crippen LogP contribution in [0.15, 0.2) is 27.8 Å². The van der Waals surface area contributed by atoms with Gasteiger partial charge in [-0.05, 0) is 45.0 Å². The SMILES string of the molecule is CCNC(=NCC(c1ccco1)N(CC)CC)NCC1CCCO1.I. The van der Waals surface area contributed by atoms with Crippen LogP contribution < -0.4 is 10.6 Å². The standard InChI is InChI=1S/C18H32N4O2.HI/c1-4-19-18(20-13-15-9-7-11-23-15)21-14-16(22(5-2)6-3)17-10-8-12-24-17;/h8,10,12,15-16H,4-7,9,11,13-14H2,1-3H3,(H2,19,20,21);1H. The lowest BCUT2D eigenvalue weighted by atomic mass is 10.2. The fourth-order valence-corrected chi connectivity index (χ4v) is 3.07. The molecule has 1 aliphatic heterocycles. The van der Waals surface area contributed by atoms with Crippen LogP contribution in [0, 0.1) is 0 Å². The van der Waals surface area contributed by atoms with E-state index in [4.69, 9.17) is 14.1 Å². The zero-order valence-electron chi connectivity index (χ0n) is 15.7. The third-order valence-corrected chi connectivity index (χ3v) is 4.41. The quantitative estimate of drug-likeness (QED) is 0.334. The summed E-state index contributed by atoms with van der Waals surface area (Å²) in [5.41, 5.74) is 0. The van der Waals surface area contributed by atoms with Crippen molar-refractivity contribution in [2.24, 2.45) is 4.99 Å². The Labute approximate surface area is 168 Å². The molecule has 144 valence electrons. The second kappa shape index (κ2) is 12.5. The van der Waals surface area contributed by atoms with Crippen molar-refractivity contribution in [3.8, 4) is 0 Å². The summed E-state index contributed by atoms with van der Waals surface area (Å²) in [5, 5.41) is 6.72. The van der Waals surface area contributed by atoms with Gasteiger partial charge in [0.1, 0.15) is 5.76 Å². The van der Waals surface area contributed by atoms with Crippen LogP contribution in [0.4, 0.5) is 0 Å². The highest BCUT2D eigenvalue weighted by Crippen LogP contribution is 2.21. The summed E-state index contributed by atoms with van der Waals surface area (Å²) in [4.78, 5) is 7.15. The molecule has 0 aliphatic carbocycles. The number of nitrogens with zero attached hydrogens (tertiary/aromatic N) is 2. The molecule has 1 aromatic rings. The number of nitrogens with one attached hydrogen (secondary N) is 2. The smallest absolute Gasteiger partial charge is 0.191 e. The molecule has 0 saturated carbocycles. The fraction of sp³-hybridized carbons (Fsp3) is 0.722. The Balaban J connectivity index is 0.00000312. The normalized spacial score (nSPS) is 18.9. The van der Waals surface area contributed by atoms with Crippen LogP contribution in [-0.2, 0) is 4.74 Å². The number of halogens is 1. The number of hydrogen-bond acceptors (Lipinski definition) is 4. The Morgan fingerprint density at radius 3 is 2.68 bits per heavy atom. The van der Waals surface area contributed by atoms with Gasteiger partial charge in [0.15, 0.2) is 5.96 Å². The van der Waals surface area contributed by atoms with Crippen LogP contribution in [0.5, 0.6) is 0 Å². The van der Waals surface area contributed by atoms with Crippen LogP contribution in [0.1, 0.15) is 45.4 Å². The van der Waals surface area contributed by atoms with Crippen LogP contribution in [0.3, 0.4) is 0 Å². The van der Waals surface area contributed by atoms with E-state index in [2.05, 4.69) is 36.3 Å². The van der Waals surface area contributed by atoms with Crippen molar-refractivity contribution in [2.45, 2.75) is 45.8 Å². The van der Waals surface area contributed by atoms with Gasteiger partial charge in [-0.25, -0.2) is 0 Å². The number of aliphatic imine (C=N–C) groups is 1. The van der Waals surface area contributed by atoms with Crippen LogP contribution in [-0.4, -0.2) is 56.3 Å². The van der Waals surface area contributed by atoms with Gasteiger partial charge in [0.25, 0.3) is 0 Å². The van der Waals surface area contributed by atoms with E-state index in [1.54, 1.807) is 6.26 Å². The zero-order chi connectivity index (χ0) is 17.2. The van der Waals surface area contributed by atoms with E-state index in [0.717, 1.165) is 57.3 Å². The van der Waals surface area contributed by atoms with Gasteiger partial charge in [-0.15, -0.1) is 24.0 Å². The molecule has 1 aromatic heterocycles. The summed E-state index contributed by atoms with van der Waals surface area (Å²) in [6.45, 7) is 11.6. The molecule has 0 amide bonds. The summed E-state index contributed by atoms with van der Waals surface area (Å²) in [7, 11) is 0. The van der Waals surface area contributed by atoms with Gasteiger partial charge < -0.3 is 19.8 Å². The van der Waals surface area contributed by atoms with Crippen molar-refractivity contribution in [1.82, 2.24) is 15.5 Å². The van der Waals surface area contributed by atoms with Crippen molar-refractivity contribution in [1.29, 1.82) is 0 Å². The van der Waals surface area contributed by atoms with Crippen molar-refractivity contribution < 1.29 is 9.15 Å². The van der Waals surface area contributed by atoms with Crippen molar-refractivity contribution in [3.63, 3.8) is 0 Å². The van der Waals surface area contributed by atoms with Gasteiger partial charge in [0.05, 0.1) is 25.0 Å². The first kappa shape index (κ1) is 22.2. The molecule has 25 heavy (non-hydrogen) atoms. The minimum absolute atomic E-state index is 0. The van der Waals surface area contributed by atoms with E-state index in [-0.39, 0.29) is 30.0 Å². The molecule has 6 nitrogen and oxygen atoms in total. The molecule has 0 spiro atoms. The first-order valence-corrected chi connectivity index (χ1v) is 9.19. The second-order valence-corrected chi connectivity index (χ2v) is 5.99. The van der Waals surface area contributed by atoms with E-state index < -0.39 is 0 Å². The number of rotatable bonds is 9. The number of likely N-dealkylation sites (N-methyl/N-ethyl adjacent to an activating group) is 1. The van der Waals surface area contributed by atoms with Gasteiger partial charge in [-0.2, -0.15) is 0 Å². The highest BCUT2D eigenvalue weighted by molar-refractivity contribution is 14.0. The first-order valence-electron chi connectivity index (χ1n) is 9.19. The molecular formula is C18H33IN4O2. The molecule has 1 aliphatic rings. The average Bonchev–Trinajstić information content (AvgIpc) is 3.29. The topological polar surface area (TPSA) is 62.0 Å². The highest BCUT2D eigenvalue weighted by atomic mass is 127. The molecule has 2 rings (SSSR count). The fourth-order valence-electron chi connectivity index (χ4n) is 3.07. The van der Waals surface area contributed by atoms with Crippen LogP contribution in [0.2, 0.25) is 0 Å². The Bertz CT molecular complexity index is 471. The van der Waals surface area contributed by atoms with Gasteiger partial charge in [-0.3, -0.25) is 9.89 Å². The summed E-state index contributed by atoms with van der Waals surface area (Å²) in [5.74, 6) is 1.81. The monoisotopic (exact) mass is 464 g/mol. The summed E-state index contributed by atoms with van der Waals surface area (Å²) < 4.78 is 11.3. The van der Waals surface area contributed by atoms with Crippen molar-refractivity contribution >= 4 is 29.9 Å². The lowest BCUT2D eigenvalue weighted by Crippen LogP contribution is -2.41. The highest BCUT2D eigenvalue weighted by Gasteiger charge is 2.21. The predicted octanol–water partition coefficient (Wildman–Crippen LogP) is 3.01. The lowest BCUT2D eigenvalue weighted by molar-refractivity contribution is 0.113. The molecule has 1 fully saturated rings. The number of guanidine groups is 1. The summed E-state index contributed by atoms with van der Waals surface area (Å²) in [6, 6.07) is 4.13. The Hall–Kier alpha value is -0.800. The van der Waals surface area contributed by atoms with Crippen LogP contribution in [0.25, 0.3) is 0 Å². The largest absolute Gasteiger partial charge is 0.468 e. The Kier molecular flexibility index (Phi) is 11.2. The van der Waals surface area contributed by atoms with Gasteiger partial charge >= 0.3 is 0 Å². The summed E-state index contributed by atoms with van der Waals surface area (Å²) in [6.07, 6.45) is 4.32. The third kappa shape index (κ3) is 7.15. The van der Waals surface area contributed by atoms with Gasteiger partial charge in [-0.1, -0.05) is 13.8 Å². The number of hydrogen-bond donors (Lipinski definition) is 2. The zero-order valence-corrected chi connectivity index (χ0v) is 18.0. The van der Waals surface area contributed by atoms with E-state index in [1.165, 1.54) is 0 Å². The maximum Gasteiger partial charge on any atom is 0.191 e. The molecule has 0 radical (unpaired) electrons.